The summed E-state index contributed by atoms with van der Waals surface area (Å²) in [5, 5.41) is 8.77. The Morgan fingerprint density at radius 1 is 0.781 bits per heavy atom. The first-order valence-corrected chi connectivity index (χ1v) is 11.3. The molecule has 0 aromatic heterocycles. The highest BCUT2D eigenvalue weighted by Gasteiger charge is 2.13. The highest BCUT2D eigenvalue weighted by atomic mass is 16.2. The predicted molar refractivity (Wildman–Crippen MR) is 130 cm³/mol. The van der Waals surface area contributed by atoms with E-state index in [-0.39, 0.29) is 24.3 Å². The fourth-order valence-corrected chi connectivity index (χ4v) is 3.28. The minimum Gasteiger partial charge on any atom is -0.376 e. The minimum absolute atomic E-state index is 0.00696. The van der Waals surface area contributed by atoms with Crippen LogP contribution in [0.25, 0.3) is 0 Å². The summed E-state index contributed by atoms with van der Waals surface area (Å²) < 4.78 is 0. The van der Waals surface area contributed by atoms with Crippen LogP contribution >= 0.6 is 0 Å². The van der Waals surface area contributed by atoms with Gasteiger partial charge in [0.05, 0.1) is 6.54 Å². The lowest BCUT2D eigenvalue weighted by molar-refractivity contribution is -0.116. The molecule has 0 aliphatic carbocycles. The van der Waals surface area contributed by atoms with Crippen molar-refractivity contribution in [1.29, 1.82) is 0 Å². The van der Waals surface area contributed by atoms with Crippen LogP contribution in [0.3, 0.4) is 0 Å². The predicted octanol–water partition coefficient (Wildman–Crippen LogP) is 4.74. The van der Waals surface area contributed by atoms with Crippen molar-refractivity contribution >= 4 is 34.8 Å². The maximum atomic E-state index is 12.5. The zero-order valence-electron chi connectivity index (χ0n) is 19.2. The Morgan fingerprint density at radius 2 is 1.41 bits per heavy atom. The monoisotopic (exact) mass is 438 g/mol. The average Bonchev–Trinajstić information content (AvgIpc) is 2.79. The summed E-state index contributed by atoms with van der Waals surface area (Å²) in [6.45, 7) is 7.30. The third-order valence-corrected chi connectivity index (χ3v) is 5.05. The largest absolute Gasteiger partial charge is 0.376 e. The number of unbranched alkanes of at least 4 members (excludes halogenated alkanes) is 2. The van der Waals surface area contributed by atoms with Gasteiger partial charge in [-0.15, -0.1) is 0 Å². The molecule has 0 saturated heterocycles. The first-order chi connectivity index (χ1) is 15.5. The second kappa shape index (κ2) is 13.1. The molecule has 0 aliphatic rings. The van der Waals surface area contributed by atoms with Gasteiger partial charge in [-0.05, 0) is 56.7 Å². The Kier molecular flexibility index (Phi) is 10.2. The highest BCUT2D eigenvalue weighted by molar-refractivity contribution is 5.98. The summed E-state index contributed by atoms with van der Waals surface area (Å²) in [5.41, 5.74) is 2.54. The molecule has 7 nitrogen and oxygen atoms in total. The number of nitrogens with zero attached hydrogens (tertiary/aromatic N) is 1. The summed E-state index contributed by atoms with van der Waals surface area (Å²) in [6.07, 6.45) is 3.49. The lowest BCUT2D eigenvalue weighted by Crippen LogP contribution is -2.30. The molecule has 0 heterocycles. The fourth-order valence-electron chi connectivity index (χ4n) is 3.28. The smallest absolute Gasteiger partial charge is 0.253 e. The standard InChI is InChI=1S/C25H34N4O3/c1-4-7-8-15-23(30)27-22-14-10-12-20(17-22)26-18-24(31)28-21-13-9-11-19(16-21)25(32)29(5-2)6-3/h9-14,16-17,26H,4-8,15,18H2,1-3H3,(H,27,30)(H,28,31). The summed E-state index contributed by atoms with van der Waals surface area (Å²) in [5.74, 6) is -0.295. The average molecular weight is 439 g/mol. The van der Waals surface area contributed by atoms with Crippen LogP contribution in [0.5, 0.6) is 0 Å². The number of anilines is 3. The molecule has 2 aromatic rings. The number of hydrogen-bond acceptors (Lipinski definition) is 4. The molecule has 0 aliphatic heterocycles. The first kappa shape index (κ1) is 24.9. The maximum absolute atomic E-state index is 12.5. The Bertz CT molecular complexity index is 910. The molecule has 2 aromatic carbocycles. The second-order valence-electron chi connectivity index (χ2n) is 7.55. The summed E-state index contributed by atoms with van der Waals surface area (Å²) in [4.78, 5) is 38.6. The Hall–Kier alpha value is -3.35. The SMILES string of the molecule is CCCCCC(=O)Nc1cccc(NCC(=O)Nc2cccc(C(=O)N(CC)CC)c2)c1. The molecule has 0 bridgehead atoms. The Balaban J connectivity index is 1.89. The van der Waals surface area contributed by atoms with E-state index in [1.165, 1.54) is 0 Å². The molecule has 0 radical (unpaired) electrons. The first-order valence-electron chi connectivity index (χ1n) is 11.3. The third-order valence-electron chi connectivity index (χ3n) is 5.05. The number of rotatable bonds is 12. The second-order valence-corrected chi connectivity index (χ2v) is 7.55. The van der Waals surface area contributed by atoms with Crippen molar-refractivity contribution in [2.24, 2.45) is 0 Å². The van der Waals surface area contributed by atoms with Gasteiger partial charge in [0.25, 0.3) is 5.91 Å². The van der Waals surface area contributed by atoms with E-state index in [4.69, 9.17) is 0 Å². The van der Waals surface area contributed by atoms with Crippen molar-refractivity contribution in [3.63, 3.8) is 0 Å². The van der Waals surface area contributed by atoms with Gasteiger partial charge in [0, 0.05) is 42.1 Å². The number of hydrogen-bond donors (Lipinski definition) is 3. The van der Waals surface area contributed by atoms with E-state index in [1.807, 2.05) is 32.0 Å². The van der Waals surface area contributed by atoms with Crippen molar-refractivity contribution in [2.45, 2.75) is 46.5 Å². The van der Waals surface area contributed by atoms with Gasteiger partial charge in [0.15, 0.2) is 0 Å². The summed E-state index contributed by atoms with van der Waals surface area (Å²) in [6, 6.07) is 14.2. The molecule has 32 heavy (non-hydrogen) atoms. The number of amides is 3. The van der Waals surface area contributed by atoms with Crippen LogP contribution < -0.4 is 16.0 Å². The highest BCUT2D eigenvalue weighted by Crippen LogP contribution is 2.16. The van der Waals surface area contributed by atoms with Crippen LogP contribution in [0.15, 0.2) is 48.5 Å². The molecular weight excluding hydrogens is 404 g/mol. The van der Waals surface area contributed by atoms with Crippen molar-refractivity contribution < 1.29 is 14.4 Å². The van der Waals surface area contributed by atoms with Gasteiger partial charge in [-0.1, -0.05) is 31.9 Å². The zero-order chi connectivity index (χ0) is 23.3. The number of benzene rings is 2. The van der Waals surface area contributed by atoms with Crippen molar-refractivity contribution in [3.05, 3.63) is 54.1 Å². The van der Waals surface area contributed by atoms with Crippen molar-refractivity contribution in [1.82, 2.24) is 4.90 Å². The molecule has 3 N–H and O–H groups in total. The molecule has 2 rings (SSSR count). The molecule has 172 valence electrons. The number of nitrogens with one attached hydrogen (secondary N) is 3. The Morgan fingerprint density at radius 3 is 2.09 bits per heavy atom. The maximum Gasteiger partial charge on any atom is 0.253 e. The minimum atomic E-state index is -0.230. The van der Waals surface area contributed by atoms with Gasteiger partial charge < -0.3 is 20.9 Å². The van der Waals surface area contributed by atoms with Gasteiger partial charge in [0.2, 0.25) is 11.8 Å². The zero-order valence-corrected chi connectivity index (χ0v) is 19.2. The molecule has 0 unspecified atom stereocenters. The van der Waals surface area contributed by atoms with E-state index in [9.17, 15) is 14.4 Å². The molecule has 0 saturated carbocycles. The molecular formula is C25H34N4O3. The number of carbonyl (C=O) groups is 3. The summed E-state index contributed by atoms with van der Waals surface area (Å²) in [7, 11) is 0. The van der Waals surface area contributed by atoms with Crippen LogP contribution in [-0.4, -0.2) is 42.3 Å². The molecule has 0 fully saturated rings. The van der Waals surface area contributed by atoms with Crippen LogP contribution in [0, 0.1) is 0 Å². The third kappa shape index (κ3) is 8.06. The van der Waals surface area contributed by atoms with E-state index >= 15 is 0 Å². The molecule has 3 amide bonds. The van der Waals surface area contributed by atoms with Gasteiger partial charge in [-0.25, -0.2) is 0 Å². The number of carbonyl (C=O) groups excluding carboxylic acids is 3. The van der Waals surface area contributed by atoms with Crippen molar-refractivity contribution in [3.8, 4) is 0 Å². The van der Waals surface area contributed by atoms with Gasteiger partial charge >= 0.3 is 0 Å². The fraction of sp³-hybridized carbons (Fsp3) is 0.400. The van der Waals surface area contributed by atoms with E-state index in [2.05, 4.69) is 22.9 Å². The molecule has 7 heteroatoms. The lowest BCUT2D eigenvalue weighted by Gasteiger charge is -2.19. The Labute approximate surface area is 190 Å². The summed E-state index contributed by atoms with van der Waals surface area (Å²) >= 11 is 0. The molecule has 0 atom stereocenters. The van der Waals surface area contributed by atoms with Gasteiger partial charge in [0.1, 0.15) is 0 Å². The van der Waals surface area contributed by atoms with Gasteiger partial charge in [-0.3, -0.25) is 14.4 Å². The molecule has 0 spiro atoms. The quantitative estimate of drug-likeness (QED) is 0.418. The van der Waals surface area contributed by atoms with E-state index in [1.54, 1.807) is 35.2 Å². The topological polar surface area (TPSA) is 90.5 Å². The van der Waals surface area contributed by atoms with E-state index in [0.29, 0.717) is 36.4 Å². The lowest BCUT2D eigenvalue weighted by atomic mass is 10.1. The van der Waals surface area contributed by atoms with Gasteiger partial charge in [-0.2, -0.15) is 0 Å². The van der Waals surface area contributed by atoms with Crippen LogP contribution in [0.2, 0.25) is 0 Å². The van der Waals surface area contributed by atoms with E-state index in [0.717, 1.165) is 24.9 Å². The van der Waals surface area contributed by atoms with E-state index < -0.39 is 0 Å². The van der Waals surface area contributed by atoms with Crippen LogP contribution in [0.1, 0.15) is 56.8 Å². The van der Waals surface area contributed by atoms with Crippen LogP contribution in [0.4, 0.5) is 17.1 Å². The van der Waals surface area contributed by atoms with Crippen molar-refractivity contribution in [2.75, 3.05) is 35.6 Å². The van der Waals surface area contributed by atoms with Crippen LogP contribution in [-0.2, 0) is 9.59 Å². The normalized spacial score (nSPS) is 10.3.